The van der Waals surface area contributed by atoms with E-state index in [0.29, 0.717) is 16.8 Å². The van der Waals surface area contributed by atoms with Crippen LogP contribution in [-0.2, 0) is 21.4 Å². The smallest absolute Gasteiger partial charge is 0.481 e. The number of amides is 1. The summed E-state index contributed by atoms with van der Waals surface area (Å²) in [6.07, 6.45) is -4.80. The average molecular weight is 381 g/mol. The van der Waals surface area contributed by atoms with Crippen molar-refractivity contribution in [3.05, 3.63) is 59.7 Å². The van der Waals surface area contributed by atoms with E-state index in [1.165, 1.54) is 12.1 Å². The number of aliphatic carboxylic acids is 1. The quantitative estimate of drug-likeness (QED) is 0.789. The van der Waals surface area contributed by atoms with Gasteiger partial charge in [0.2, 0.25) is 5.91 Å². The van der Waals surface area contributed by atoms with Gasteiger partial charge in [-0.25, -0.2) is 0 Å². The van der Waals surface area contributed by atoms with Crippen molar-refractivity contribution in [1.29, 1.82) is 0 Å². The van der Waals surface area contributed by atoms with Gasteiger partial charge in [0.15, 0.2) is 0 Å². The Morgan fingerprint density at radius 2 is 1.56 bits per heavy atom. The zero-order valence-corrected chi connectivity index (χ0v) is 14.6. The van der Waals surface area contributed by atoms with Crippen LogP contribution in [0, 0.1) is 0 Å². The van der Waals surface area contributed by atoms with Crippen molar-refractivity contribution >= 4 is 17.6 Å². The molecular formula is C19H18F3NO4. The van der Waals surface area contributed by atoms with Crippen LogP contribution >= 0.6 is 0 Å². The Labute approximate surface area is 153 Å². The predicted octanol–water partition coefficient (Wildman–Crippen LogP) is 4.13. The first-order valence-electron chi connectivity index (χ1n) is 7.96. The largest absolute Gasteiger partial charge is 0.573 e. The summed E-state index contributed by atoms with van der Waals surface area (Å²) in [5.41, 5.74) is 0.545. The van der Waals surface area contributed by atoms with Crippen molar-refractivity contribution in [2.24, 2.45) is 0 Å². The Hall–Kier alpha value is -3.03. The number of hydrogen-bond donors (Lipinski definition) is 2. The summed E-state index contributed by atoms with van der Waals surface area (Å²) in [6, 6.07) is 11.5. The van der Waals surface area contributed by atoms with Crippen LogP contribution in [0.2, 0.25) is 0 Å². The Balaban J connectivity index is 1.97. The van der Waals surface area contributed by atoms with Gasteiger partial charge in [0.25, 0.3) is 0 Å². The molecule has 2 N–H and O–H groups in total. The molecule has 0 saturated carbocycles. The molecule has 2 aromatic carbocycles. The summed E-state index contributed by atoms with van der Waals surface area (Å²) in [6.45, 7) is 3.16. The van der Waals surface area contributed by atoms with Gasteiger partial charge in [0.1, 0.15) is 5.75 Å². The zero-order chi connectivity index (χ0) is 20.2. The van der Waals surface area contributed by atoms with E-state index in [-0.39, 0.29) is 18.1 Å². The Kier molecular flexibility index (Phi) is 5.78. The number of carboxylic acid groups (broad SMARTS) is 1. The maximum absolute atomic E-state index is 12.1. The van der Waals surface area contributed by atoms with Crippen LogP contribution in [0.5, 0.6) is 5.75 Å². The first kappa shape index (κ1) is 20.3. The maximum atomic E-state index is 12.1. The molecule has 0 bridgehead atoms. The number of rotatable bonds is 6. The molecule has 0 fully saturated rings. The second-order valence-electron chi connectivity index (χ2n) is 6.42. The van der Waals surface area contributed by atoms with Crippen molar-refractivity contribution in [2.45, 2.75) is 32.0 Å². The average Bonchev–Trinajstić information content (AvgIpc) is 2.55. The van der Waals surface area contributed by atoms with Gasteiger partial charge in [-0.15, -0.1) is 13.2 Å². The van der Waals surface area contributed by atoms with Gasteiger partial charge in [0.05, 0.1) is 11.8 Å². The Morgan fingerprint density at radius 1 is 1.00 bits per heavy atom. The molecule has 0 aromatic heterocycles. The molecule has 0 spiro atoms. The normalized spacial score (nSPS) is 11.7. The van der Waals surface area contributed by atoms with Crippen LogP contribution in [0.3, 0.4) is 0 Å². The predicted molar refractivity (Wildman–Crippen MR) is 92.6 cm³/mol. The molecule has 0 radical (unpaired) electrons. The van der Waals surface area contributed by atoms with Gasteiger partial charge in [-0.3, -0.25) is 9.59 Å². The number of carboxylic acids is 1. The van der Waals surface area contributed by atoms with Crippen molar-refractivity contribution < 1.29 is 32.6 Å². The standard InChI is InChI=1S/C19H18F3NO4/c1-18(2,17(25)26)13-5-7-14(8-6-13)23-16(24)11-12-3-9-15(10-4-12)27-19(20,21)22/h3-10H,11H2,1-2H3,(H,23,24)(H,25,26). The van der Waals surface area contributed by atoms with Gasteiger partial charge in [0, 0.05) is 5.69 Å². The van der Waals surface area contributed by atoms with Gasteiger partial charge in [-0.2, -0.15) is 0 Å². The minimum atomic E-state index is -4.76. The number of nitrogens with one attached hydrogen (secondary N) is 1. The molecule has 0 heterocycles. The summed E-state index contributed by atoms with van der Waals surface area (Å²) in [5, 5.41) is 11.9. The number of carbonyl (C=O) groups is 2. The molecule has 2 rings (SSSR count). The fraction of sp³-hybridized carbons (Fsp3) is 0.263. The molecule has 0 saturated heterocycles. The van der Waals surface area contributed by atoms with Crippen LogP contribution in [0.25, 0.3) is 0 Å². The number of halogens is 3. The molecule has 8 heteroatoms. The summed E-state index contributed by atoms with van der Waals surface area (Å²) in [7, 11) is 0. The minimum absolute atomic E-state index is 0.0331. The number of anilines is 1. The third-order valence-electron chi connectivity index (χ3n) is 3.95. The van der Waals surface area contributed by atoms with E-state index in [2.05, 4.69) is 10.1 Å². The number of hydrogen-bond acceptors (Lipinski definition) is 3. The SMILES string of the molecule is CC(C)(C(=O)O)c1ccc(NC(=O)Cc2ccc(OC(F)(F)F)cc2)cc1. The van der Waals surface area contributed by atoms with E-state index >= 15 is 0 Å². The summed E-state index contributed by atoms with van der Waals surface area (Å²) < 4.78 is 40.1. The molecular weight excluding hydrogens is 363 g/mol. The van der Waals surface area contributed by atoms with Crippen molar-refractivity contribution in [3.8, 4) is 5.75 Å². The highest BCUT2D eigenvalue weighted by molar-refractivity contribution is 5.92. The molecule has 0 unspecified atom stereocenters. The van der Waals surface area contributed by atoms with E-state index in [1.807, 2.05) is 0 Å². The van der Waals surface area contributed by atoms with Gasteiger partial charge >= 0.3 is 12.3 Å². The molecule has 0 atom stereocenters. The monoisotopic (exact) mass is 381 g/mol. The maximum Gasteiger partial charge on any atom is 0.573 e. The summed E-state index contributed by atoms with van der Waals surface area (Å²) in [4.78, 5) is 23.3. The first-order chi connectivity index (χ1) is 12.5. The number of benzene rings is 2. The lowest BCUT2D eigenvalue weighted by Crippen LogP contribution is -2.28. The van der Waals surface area contributed by atoms with Crippen LogP contribution in [0.1, 0.15) is 25.0 Å². The minimum Gasteiger partial charge on any atom is -0.481 e. The van der Waals surface area contributed by atoms with Gasteiger partial charge in [-0.1, -0.05) is 24.3 Å². The first-order valence-corrected chi connectivity index (χ1v) is 7.96. The number of ether oxygens (including phenoxy) is 1. The van der Waals surface area contributed by atoms with E-state index in [1.54, 1.807) is 38.1 Å². The molecule has 27 heavy (non-hydrogen) atoms. The molecule has 0 aliphatic carbocycles. The molecule has 0 aliphatic rings. The van der Waals surface area contributed by atoms with Gasteiger partial charge in [-0.05, 0) is 49.2 Å². The Morgan fingerprint density at radius 3 is 2.04 bits per heavy atom. The second-order valence-corrected chi connectivity index (χ2v) is 6.42. The highest BCUT2D eigenvalue weighted by Crippen LogP contribution is 2.25. The van der Waals surface area contributed by atoms with Crippen molar-refractivity contribution in [1.82, 2.24) is 0 Å². The lowest BCUT2D eigenvalue weighted by molar-refractivity contribution is -0.274. The fourth-order valence-electron chi connectivity index (χ4n) is 2.29. The third kappa shape index (κ3) is 5.73. The highest BCUT2D eigenvalue weighted by atomic mass is 19.4. The van der Waals surface area contributed by atoms with Crippen LogP contribution < -0.4 is 10.1 Å². The molecule has 5 nitrogen and oxygen atoms in total. The van der Waals surface area contributed by atoms with Crippen LogP contribution in [0.15, 0.2) is 48.5 Å². The highest BCUT2D eigenvalue weighted by Gasteiger charge is 2.31. The molecule has 0 aliphatic heterocycles. The van der Waals surface area contributed by atoms with E-state index < -0.39 is 17.7 Å². The summed E-state index contributed by atoms with van der Waals surface area (Å²) in [5.74, 6) is -1.68. The van der Waals surface area contributed by atoms with E-state index in [9.17, 15) is 27.9 Å². The van der Waals surface area contributed by atoms with E-state index in [0.717, 1.165) is 12.1 Å². The molecule has 144 valence electrons. The molecule has 2 aromatic rings. The molecule has 1 amide bonds. The lowest BCUT2D eigenvalue weighted by atomic mass is 9.85. The van der Waals surface area contributed by atoms with Crippen molar-refractivity contribution in [3.63, 3.8) is 0 Å². The van der Waals surface area contributed by atoms with Gasteiger partial charge < -0.3 is 15.2 Å². The lowest BCUT2D eigenvalue weighted by Gasteiger charge is -2.19. The Bertz CT molecular complexity index is 812. The second kappa shape index (κ2) is 7.69. The summed E-state index contributed by atoms with van der Waals surface area (Å²) >= 11 is 0. The zero-order valence-electron chi connectivity index (χ0n) is 14.6. The number of carbonyl (C=O) groups excluding carboxylic acids is 1. The van der Waals surface area contributed by atoms with Crippen LogP contribution in [0.4, 0.5) is 18.9 Å². The number of alkyl halides is 3. The third-order valence-corrected chi connectivity index (χ3v) is 3.95. The topological polar surface area (TPSA) is 75.6 Å². The van der Waals surface area contributed by atoms with Crippen molar-refractivity contribution in [2.75, 3.05) is 5.32 Å². The van der Waals surface area contributed by atoms with Crippen LogP contribution in [-0.4, -0.2) is 23.3 Å². The fourth-order valence-corrected chi connectivity index (χ4v) is 2.29. The van der Waals surface area contributed by atoms with E-state index in [4.69, 9.17) is 0 Å².